The Labute approximate surface area is 195 Å². The van der Waals surface area contributed by atoms with E-state index < -0.39 is 0 Å². The normalized spacial score (nSPS) is 14.2. The number of methoxy groups -OCH3 is 1. The van der Waals surface area contributed by atoms with E-state index in [4.69, 9.17) is 32.7 Å². The van der Waals surface area contributed by atoms with Gasteiger partial charge in [0.25, 0.3) is 5.91 Å². The molecule has 1 aromatic carbocycles. The summed E-state index contributed by atoms with van der Waals surface area (Å²) in [4.78, 5) is 25.9. The lowest BCUT2D eigenvalue weighted by Crippen LogP contribution is -2.50. The average molecular weight is 479 g/mol. The van der Waals surface area contributed by atoms with Crippen LogP contribution in [0.5, 0.6) is 11.5 Å². The number of carbonyl (C=O) groups excluding carboxylic acids is 1. The minimum atomic E-state index is -0.123. The molecule has 11 heteroatoms. The molecule has 0 radical (unpaired) electrons. The minimum absolute atomic E-state index is 0.116. The van der Waals surface area contributed by atoms with Crippen molar-refractivity contribution in [1.29, 1.82) is 0 Å². The number of anilines is 1. The quantitative estimate of drug-likeness (QED) is 0.556. The summed E-state index contributed by atoms with van der Waals surface area (Å²) in [6, 6.07) is 3.11. The van der Waals surface area contributed by atoms with Crippen LogP contribution in [0.2, 0.25) is 10.0 Å². The second kappa shape index (κ2) is 8.99. The lowest BCUT2D eigenvalue weighted by atomic mass is 10.2. The summed E-state index contributed by atoms with van der Waals surface area (Å²) >= 11 is 12.2. The molecule has 1 saturated heterocycles. The van der Waals surface area contributed by atoms with Crippen LogP contribution in [-0.4, -0.2) is 70.5 Å². The monoisotopic (exact) mass is 478 g/mol. The van der Waals surface area contributed by atoms with Crippen molar-refractivity contribution in [3.63, 3.8) is 0 Å². The standard InChI is InChI=1S/C21H24Cl2N6O3/c1-12-19-20(27(3)26-12)21(25-13(2)24-19)29-7-5-28(6-8-29)18(30)11-32-17-10-16(31-4)14(22)9-15(17)23/h9-10H,5-8,11H2,1-4H3. The van der Waals surface area contributed by atoms with Gasteiger partial charge in [-0.2, -0.15) is 5.10 Å². The molecule has 1 aliphatic rings. The van der Waals surface area contributed by atoms with Gasteiger partial charge in [0.2, 0.25) is 0 Å². The highest BCUT2D eigenvalue weighted by molar-refractivity contribution is 6.36. The van der Waals surface area contributed by atoms with Gasteiger partial charge in [0.15, 0.2) is 12.4 Å². The van der Waals surface area contributed by atoms with E-state index in [0.29, 0.717) is 53.5 Å². The fraction of sp³-hybridized carbons (Fsp3) is 0.429. The van der Waals surface area contributed by atoms with Crippen molar-refractivity contribution in [1.82, 2.24) is 24.6 Å². The Hall–Kier alpha value is -2.78. The van der Waals surface area contributed by atoms with Crippen LogP contribution in [0.3, 0.4) is 0 Å². The van der Waals surface area contributed by atoms with Gasteiger partial charge in [-0.05, 0) is 19.9 Å². The smallest absolute Gasteiger partial charge is 0.260 e. The molecule has 0 bridgehead atoms. The molecule has 0 N–H and O–H groups in total. The number of aryl methyl sites for hydroxylation is 3. The molecular formula is C21H24Cl2N6O3. The Morgan fingerprint density at radius 1 is 1.06 bits per heavy atom. The predicted molar refractivity (Wildman–Crippen MR) is 123 cm³/mol. The van der Waals surface area contributed by atoms with Gasteiger partial charge >= 0.3 is 0 Å². The highest BCUT2D eigenvalue weighted by atomic mass is 35.5. The maximum atomic E-state index is 12.7. The lowest BCUT2D eigenvalue weighted by Gasteiger charge is -2.35. The molecule has 3 heterocycles. The second-order valence-electron chi connectivity index (χ2n) is 7.57. The molecule has 0 spiro atoms. The third-order valence-electron chi connectivity index (χ3n) is 5.43. The molecule has 1 fully saturated rings. The van der Waals surface area contributed by atoms with E-state index >= 15 is 0 Å². The van der Waals surface area contributed by atoms with Crippen molar-refractivity contribution in [3.05, 3.63) is 33.7 Å². The number of fused-ring (bicyclic) bond motifs is 1. The first-order valence-electron chi connectivity index (χ1n) is 10.1. The molecule has 4 rings (SSSR count). The summed E-state index contributed by atoms with van der Waals surface area (Å²) in [6.07, 6.45) is 0. The van der Waals surface area contributed by atoms with E-state index in [1.165, 1.54) is 13.2 Å². The Morgan fingerprint density at radius 3 is 2.44 bits per heavy atom. The van der Waals surface area contributed by atoms with E-state index in [1.54, 1.807) is 11.0 Å². The Bertz CT molecular complexity index is 1170. The minimum Gasteiger partial charge on any atom is -0.495 e. The van der Waals surface area contributed by atoms with Crippen LogP contribution in [0.4, 0.5) is 5.82 Å². The van der Waals surface area contributed by atoms with Crippen molar-refractivity contribution >= 4 is 46.0 Å². The fourth-order valence-corrected chi connectivity index (χ4v) is 4.34. The lowest BCUT2D eigenvalue weighted by molar-refractivity contribution is -0.133. The van der Waals surface area contributed by atoms with Gasteiger partial charge in [-0.15, -0.1) is 0 Å². The second-order valence-corrected chi connectivity index (χ2v) is 8.39. The number of carbonyl (C=O) groups is 1. The molecule has 1 amide bonds. The summed E-state index contributed by atoms with van der Waals surface area (Å²) in [5.41, 5.74) is 2.64. The number of aromatic nitrogens is 4. The van der Waals surface area contributed by atoms with Crippen LogP contribution in [0, 0.1) is 13.8 Å². The van der Waals surface area contributed by atoms with Crippen molar-refractivity contribution < 1.29 is 14.3 Å². The summed E-state index contributed by atoms with van der Waals surface area (Å²) < 4.78 is 12.6. The number of piperazine rings is 1. The third-order valence-corrected chi connectivity index (χ3v) is 6.02. The molecule has 32 heavy (non-hydrogen) atoms. The van der Waals surface area contributed by atoms with Gasteiger partial charge in [-0.1, -0.05) is 23.2 Å². The molecule has 0 unspecified atom stereocenters. The van der Waals surface area contributed by atoms with Crippen molar-refractivity contribution in [2.24, 2.45) is 7.05 Å². The van der Waals surface area contributed by atoms with Crippen LogP contribution in [0.25, 0.3) is 11.0 Å². The molecule has 0 atom stereocenters. The molecule has 1 aliphatic heterocycles. The molecule has 0 saturated carbocycles. The Morgan fingerprint density at radius 2 is 1.75 bits per heavy atom. The van der Waals surface area contributed by atoms with Crippen molar-refractivity contribution in [2.45, 2.75) is 13.8 Å². The van der Waals surface area contributed by atoms with Gasteiger partial charge in [-0.3, -0.25) is 9.48 Å². The zero-order chi connectivity index (χ0) is 23.0. The molecule has 170 valence electrons. The molecule has 9 nitrogen and oxygen atoms in total. The van der Waals surface area contributed by atoms with E-state index in [9.17, 15) is 4.79 Å². The van der Waals surface area contributed by atoms with Crippen LogP contribution >= 0.6 is 23.2 Å². The van der Waals surface area contributed by atoms with Gasteiger partial charge in [0.05, 0.1) is 22.8 Å². The summed E-state index contributed by atoms with van der Waals surface area (Å²) in [7, 11) is 3.40. The number of ether oxygens (including phenoxy) is 2. The predicted octanol–water partition coefficient (Wildman–Crippen LogP) is 3.02. The Kier molecular flexibility index (Phi) is 6.30. The SMILES string of the molecule is COc1cc(OCC(=O)N2CCN(c3nc(C)nc4c(C)nn(C)c34)CC2)c(Cl)cc1Cl. The first-order valence-corrected chi connectivity index (χ1v) is 10.9. The summed E-state index contributed by atoms with van der Waals surface area (Å²) in [5.74, 6) is 2.22. The molecule has 3 aromatic rings. The number of nitrogens with zero attached hydrogens (tertiary/aromatic N) is 6. The largest absolute Gasteiger partial charge is 0.495 e. The molecular weight excluding hydrogens is 455 g/mol. The number of rotatable bonds is 5. The zero-order valence-electron chi connectivity index (χ0n) is 18.4. The number of hydrogen-bond donors (Lipinski definition) is 0. The van der Waals surface area contributed by atoms with E-state index in [2.05, 4.69) is 20.0 Å². The van der Waals surface area contributed by atoms with E-state index in [-0.39, 0.29) is 12.5 Å². The zero-order valence-corrected chi connectivity index (χ0v) is 19.9. The van der Waals surface area contributed by atoms with Crippen LogP contribution < -0.4 is 14.4 Å². The number of halogens is 2. The van der Waals surface area contributed by atoms with Gasteiger partial charge < -0.3 is 19.3 Å². The summed E-state index contributed by atoms with van der Waals surface area (Å²) in [6.45, 7) is 6.11. The highest BCUT2D eigenvalue weighted by Crippen LogP contribution is 2.35. The molecule has 0 aliphatic carbocycles. The van der Waals surface area contributed by atoms with Crippen LogP contribution in [0.1, 0.15) is 11.5 Å². The van der Waals surface area contributed by atoms with Crippen LogP contribution in [-0.2, 0) is 11.8 Å². The number of amides is 1. The Balaban J connectivity index is 1.41. The maximum Gasteiger partial charge on any atom is 0.260 e. The van der Waals surface area contributed by atoms with E-state index in [1.807, 2.05) is 25.6 Å². The molecule has 2 aromatic heterocycles. The summed E-state index contributed by atoms with van der Waals surface area (Å²) in [5, 5.41) is 5.19. The third kappa shape index (κ3) is 4.27. The van der Waals surface area contributed by atoms with Gasteiger partial charge in [0, 0.05) is 39.3 Å². The van der Waals surface area contributed by atoms with Gasteiger partial charge in [0.1, 0.15) is 28.4 Å². The van der Waals surface area contributed by atoms with Crippen LogP contribution in [0.15, 0.2) is 12.1 Å². The topological polar surface area (TPSA) is 85.6 Å². The maximum absolute atomic E-state index is 12.7. The number of benzene rings is 1. The van der Waals surface area contributed by atoms with E-state index in [0.717, 1.165) is 22.5 Å². The van der Waals surface area contributed by atoms with Gasteiger partial charge in [-0.25, -0.2) is 9.97 Å². The number of hydrogen-bond acceptors (Lipinski definition) is 7. The van der Waals surface area contributed by atoms with Crippen molar-refractivity contribution in [2.75, 3.05) is 44.8 Å². The first kappa shape index (κ1) is 22.4. The van der Waals surface area contributed by atoms with Crippen molar-refractivity contribution in [3.8, 4) is 11.5 Å². The first-order chi connectivity index (χ1) is 15.3. The highest BCUT2D eigenvalue weighted by Gasteiger charge is 2.26. The average Bonchev–Trinajstić information content (AvgIpc) is 3.05. The fourth-order valence-electron chi connectivity index (χ4n) is 3.82.